The number of fused-ring (bicyclic) bond motifs is 2. The lowest BCUT2D eigenvalue weighted by atomic mass is 10.2. The van der Waals surface area contributed by atoms with E-state index in [0.29, 0.717) is 6.04 Å². The highest BCUT2D eigenvalue weighted by Crippen LogP contribution is 2.32. The number of rotatable bonds is 1. The predicted molar refractivity (Wildman–Crippen MR) is 69.1 cm³/mol. The van der Waals surface area contributed by atoms with Gasteiger partial charge in [-0.1, -0.05) is 0 Å². The molecule has 3 rings (SSSR count). The Kier molecular flexibility index (Phi) is 2.35. The molecule has 0 spiro atoms. The topological polar surface area (TPSA) is 19.4 Å². The molecule has 0 aromatic carbocycles. The van der Waals surface area contributed by atoms with E-state index in [-0.39, 0.29) is 0 Å². The Morgan fingerprint density at radius 3 is 2.73 bits per heavy atom. The minimum atomic E-state index is 0.688. The maximum Gasteiger partial charge on any atom is 0.128 e. The van der Waals surface area contributed by atoms with Gasteiger partial charge in [0.15, 0.2) is 0 Å². The van der Waals surface area contributed by atoms with Crippen molar-refractivity contribution in [1.29, 1.82) is 0 Å². The molecule has 0 unspecified atom stereocenters. The van der Waals surface area contributed by atoms with Crippen LogP contribution in [0.25, 0.3) is 0 Å². The van der Waals surface area contributed by atoms with E-state index in [2.05, 4.69) is 56.6 Å². The number of anilines is 1. The van der Waals surface area contributed by atoms with Gasteiger partial charge in [0, 0.05) is 34.9 Å². The van der Waals surface area contributed by atoms with Crippen LogP contribution >= 0.6 is 22.6 Å². The van der Waals surface area contributed by atoms with Gasteiger partial charge >= 0.3 is 0 Å². The molecular formula is C11H14IN3. The third-order valence-electron chi connectivity index (χ3n) is 3.52. The summed E-state index contributed by atoms with van der Waals surface area (Å²) in [7, 11) is 2.23. The molecule has 0 amide bonds. The molecule has 2 saturated heterocycles. The zero-order valence-corrected chi connectivity index (χ0v) is 10.9. The quantitative estimate of drug-likeness (QED) is 0.734. The van der Waals surface area contributed by atoms with Crippen LogP contribution in [-0.2, 0) is 0 Å². The van der Waals surface area contributed by atoms with Crippen molar-refractivity contribution in [2.45, 2.75) is 18.5 Å². The number of likely N-dealkylation sites (tertiary alicyclic amines) is 1. The summed E-state index contributed by atoms with van der Waals surface area (Å²) in [4.78, 5) is 9.43. The number of nitrogens with zero attached hydrogens (tertiary/aromatic N) is 3. The number of piperazine rings is 1. The van der Waals surface area contributed by atoms with Crippen molar-refractivity contribution >= 4 is 28.4 Å². The normalized spacial score (nSPS) is 30.1. The Balaban J connectivity index is 1.83. The van der Waals surface area contributed by atoms with E-state index in [4.69, 9.17) is 0 Å². The maximum absolute atomic E-state index is 4.50. The van der Waals surface area contributed by atoms with Crippen molar-refractivity contribution in [3.05, 3.63) is 21.9 Å². The van der Waals surface area contributed by atoms with Crippen LogP contribution in [0.3, 0.4) is 0 Å². The lowest BCUT2D eigenvalue weighted by molar-refractivity contribution is 0.292. The number of hydrogen-bond acceptors (Lipinski definition) is 3. The van der Waals surface area contributed by atoms with Crippen molar-refractivity contribution in [1.82, 2.24) is 9.88 Å². The summed E-state index contributed by atoms with van der Waals surface area (Å²) < 4.78 is 1.21. The number of hydrogen-bond donors (Lipinski definition) is 0. The highest BCUT2D eigenvalue weighted by atomic mass is 127. The van der Waals surface area contributed by atoms with E-state index in [9.17, 15) is 0 Å². The second-order valence-electron chi connectivity index (χ2n) is 4.47. The summed E-state index contributed by atoms with van der Waals surface area (Å²) in [6, 6.07) is 5.71. The summed E-state index contributed by atoms with van der Waals surface area (Å²) in [6.07, 6.45) is 3.26. The first-order valence-electron chi connectivity index (χ1n) is 5.32. The molecular weight excluding hydrogens is 301 g/mol. The molecule has 2 bridgehead atoms. The summed E-state index contributed by atoms with van der Waals surface area (Å²) in [5.41, 5.74) is 0. The maximum atomic E-state index is 4.50. The summed E-state index contributed by atoms with van der Waals surface area (Å²) in [5.74, 6) is 1.15. The van der Waals surface area contributed by atoms with Crippen molar-refractivity contribution in [2.75, 3.05) is 25.0 Å². The zero-order chi connectivity index (χ0) is 10.4. The number of pyridine rings is 1. The third-order valence-corrected chi connectivity index (χ3v) is 4.16. The first kappa shape index (κ1) is 9.84. The molecule has 4 heteroatoms. The zero-order valence-electron chi connectivity index (χ0n) is 8.73. The van der Waals surface area contributed by atoms with Crippen molar-refractivity contribution in [3.8, 4) is 0 Å². The van der Waals surface area contributed by atoms with Crippen LogP contribution in [0.2, 0.25) is 0 Å². The Labute approximate surface area is 104 Å². The predicted octanol–water partition coefficient (Wildman–Crippen LogP) is 1.58. The van der Waals surface area contributed by atoms with Gasteiger partial charge in [0.1, 0.15) is 5.82 Å². The second-order valence-corrected chi connectivity index (χ2v) is 5.72. The molecule has 15 heavy (non-hydrogen) atoms. The molecule has 3 heterocycles. The standard InChI is InChI=1S/C11H14IN3/c1-14-6-10-4-9(14)7-15(10)11-3-2-8(12)5-13-11/h2-3,5,9-10H,4,6-7H2,1H3/t9-,10-/m0/s1. The van der Waals surface area contributed by atoms with Gasteiger partial charge in [-0.3, -0.25) is 4.90 Å². The smallest absolute Gasteiger partial charge is 0.128 e. The van der Waals surface area contributed by atoms with Crippen LogP contribution < -0.4 is 4.90 Å². The molecule has 3 nitrogen and oxygen atoms in total. The molecule has 2 atom stereocenters. The number of halogens is 1. The summed E-state index contributed by atoms with van der Waals surface area (Å²) in [5, 5.41) is 0. The minimum absolute atomic E-state index is 0.688. The van der Waals surface area contributed by atoms with Gasteiger partial charge in [-0.25, -0.2) is 4.98 Å². The average molecular weight is 315 g/mol. The van der Waals surface area contributed by atoms with Crippen LogP contribution in [0.5, 0.6) is 0 Å². The van der Waals surface area contributed by atoms with Gasteiger partial charge < -0.3 is 4.90 Å². The second kappa shape index (κ2) is 3.59. The molecule has 80 valence electrons. The Morgan fingerprint density at radius 2 is 2.20 bits per heavy atom. The van der Waals surface area contributed by atoms with Gasteiger partial charge in [0.2, 0.25) is 0 Å². The van der Waals surface area contributed by atoms with Crippen molar-refractivity contribution < 1.29 is 0 Å². The van der Waals surface area contributed by atoms with E-state index in [1.54, 1.807) is 0 Å². The van der Waals surface area contributed by atoms with Crippen LogP contribution in [0.4, 0.5) is 5.82 Å². The Morgan fingerprint density at radius 1 is 1.33 bits per heavy atom. The highest BCUT2D eigenvalue weighted by molar-refractivity contribution is 14.1. The monoisotopic (exact) mass is 315 g/mol. The highest BCUT2D eigenvalue weighted by Gasteiger charge is 2.41. The minimum Gasteiger partial charge on any atom is -0.351 e. The number of aromatic nitrogens is 1. The van der Waals surface area contributed by atoms with Crippen molar-refractivity contribution in [3.63, 3.8) is 0 Å². The van der Waals surface area contributed by atoms with E-state index >= 15 is 0 Å². The van der Waals surface area contributed by atoms with E-state index < -0.39 is 0 Å². The average Bonchev–Trinajstić information content (AvgIpc) is 2.77. The third kappa shape index (κ3) is 1.63. The van der Waals surface area contributed by atoms with E-state index in [1.165, 1.54) is 16.5 Å². The largest absolute Gasteiger partial charge is 0.351 e. The first-order valence-corrected chi connectivity index (χ1v) is 6.40. The lowest BCUT2D eigenvalue weighted by Crippen LogP contribution is -2.44. The van der Waals surface area contributed by atoms with Gasteiger partial charge in [0.25, 0.3) is 0 Å². The molecule has 0 radical (unpaired) electrons. The van der Waals surface area contributed by atoms with Crippen molar-refractivity contribution in [2.24, 2.45) is 0 Å². The molecule has 0 N–H and O–H groups in total. The van der Waals surface area contributed by atoms with Gasteiger partial charge in [-0.15, -0.1) is 0 Å². The van der Waals surface area contributed by atoms with Crippen LogP contribution in [0.1, 0.15) is 6.42 Å². The van der Waals surface area contributed by atoms with Crippen LogP contribution in [0, 0.1) is 3.57 Å². The fourth-order valence-corrected chi connectivity index (χ4v) is 3.00. The molecule has 2 aliphatic heterocycles. The van der Waals surface area contributed by atoms with E-state index in [0.717, 1.165) is 18.4 Å². The molecule has 1 aromatic rings. The van der Waals surface area contributed by atoms with Crippen LogP contribution in [-0.4, -0.2) is 42.1 Å². The number of likely N-dealkylation sites (N-methyl/N-ethyl adjacent to an activating group) is 1. The fourth-order valence-electron chi connectivity index (χ4n) is 2.68. The van der Waals surface area contributed by atoms with Gasteiger partial charge in [-0.05, 0) is 48.2 Å². The van der Waals surface area contributed by atoms with Gasteiger partial charge in [-0.2, -0.15) is 0 Å². The first-order chi connectivity index (χ1) is 7.24. The summed E-state index contributed by atoms with van der Waals surface area (Å²) >= 11 is 2.30. The summed E-state index contributed by atoms with van der Waals surface area (Å²) in [6.45, 7) is 2.34. The molecule has 2 aliphatic rings. The molecule has 1 aromatic heterocycles. The van der Waals surface area contributed by atoms with Gasteiger partial charge in [0.05, 0.1) is 0 Å². The Bertz CT molecular complexity index is 363. The lowest BCUT2D eigenvalue weighted by Gasteiger charge is -2.32. The Hall–Kier alpha value is -0.360. The molecule has 0 aliphatic carbocycles. The fraction of sp³-hybridized carbons (Fsp3) is 0.545. The molecule has 2 fully saturated rings. The molecule has 0 saturated carbocycles. The van der Waals surface area contributed by atoms with E-state index in [1.807, 2.05) is 6.20 Å². The SMILES string of the molecule is CN1C[C@@H]2C[C@H]1CN2c1ccc(I)cn1. The van der Waals surface area contributed by atoms with Crippen LogP contribution in [0.15, 0.2) is 18.3 Å².